The standard InChI is InChI=1S/C32H31F2N3O5S/c1-5-27(38)29-25-17-24(21-8-6-9-22(16-21)31(39)36-32(2,3)19-35)26(37(15-7-14-33)43(4,40)41)18-28(25)42-30(29)20-10-12-23(34)13-11-20/h6,8-13,16-18H,5,7,14-15H2,1-4H3,(H,36,39). The quantitative estimate of drug-likeness (QED) is 0.191. The van der Waals surface area contributed by atoms with E-state index in [0.717, 1.165) is 10.6 Å². The molecule has 1 N–H and O–H groups in total. The van der Waals surface area contributed by atoms with Crippen molar-refractivity contribution in [2.75, 3.05) is 23.8 Å². The maximum absolute atomic E-state index is 13.7. The Bertz CT molecular complexity index is 1840. The molecule has 0 atom stereocenters. The van der Waals surface area contributed by atoms with Gasteiger partial charge in [0.25, 0.3) is 5.91 Å². The first-order chi connectivity index (χ1) is 20.3. The Morgan fingerprint density at radius 1 is 1.07 bits per heavy atom. The third-order valence-corrected chi connectivity index (χ3v) is 8.00. The Labute approximate surface area is 249 Å². The Morgan fingerprint density at radius 2 is 1.77 bits per heavy atom. The molecule has 0 fully saturated rings. The maximum atomic E-state index is 13.7. The van der Waals surface area contributed by atoms with E-state index in [1.54, 1.807) is 51.1 Å². The lowest BCUT2D eigenvalue weighted by atomic mass is 9.95. The van der Waals surface area contributed by atoms with Crippen LogP contribution in [0, 0.1) is 17.1 Å². The fraction of sp³-hybridized carbons (Fsp3) is 0.281. The van der Waals surface area contributed by atoms with Gasteiger partial charge in [-0.1, -0.05) is 19.1 Å². The molecule has 11 heteroatoms. The minimum Gasteiger partial charge on any atom is -0.455 e. The number of carbonyl (C=O) groups is 2. The topological polar surface area (TPSA) is 120 Å². The number of hydrogen-bond donors (Lipinski definition) is 1. The summed E-state index contributed by atoms with van der Waals surface area (Å²) in [6, 6.07) is 16.9. The molecule has 4 aromatic rings. The summed E-state index contributed by atoms with van der Waals surface area (Å²) in [5, 5.41) is 12.4. The van der Waals surface area contributed by atoms with Crippen molar-refractivity contribution >= 4 is 38.4 Å². The molecule has 0 aliphatic heterocycles. The molecule has 0 saturated heterocycles. The number of rotatable bonds is 11. The van der Waals surface area contributed by atoms with E-state index >= 15 is 0 Å². The lowest BCUT2D eigenvalue weighted by Crippen LogP contribution is -2.42. The highest BCUT2D eigenvalue weighted by atomic mass is 32.2. The number of hydrogen-bond acceptors (Lipinski definition) is 6. The summed E-state index contributed by atoms with van der Waals surface area (Å²) >= 11 is 0. The van der Waals surface area contributed by atoms with Crippen molar-refractivity contribution in [3.05, 3.63) is 77.6 Å². The Hall–Kier alpha value is -4.56. The van der Waals surface area contributed by atoms with Gasteiger partial charge in [-0.15, -0.1) is 0 Å². The average molecular weight is 608 g/mol. The van der Waals surface area contributed by atoms with E-state index in [2.05, 4.69) is 5.32 Å². The van der Waals surface area contributed by atoms with Gasteiger partial charge in [-0.2, -0.15) is 5.26 Å². The minimum atomic E-state index is -3.92. The van der Waals surface area contributed by atoms with E-state index in [9.17, 15) is 32.0 Å². The average Bonchev–Trinajstić information content (AvgIpc) is 3.34. The van der Waals surface area contributed by atoms with E-state index in [-0.39, 0.29) is 53.3 Å². The van der Waals surface area contributed by atoms with Crippen LogP contribution in [0.25, 0.3) is 33.4 Å². The largest absolute Gasteiger partial charge is 0.455 e. The lowest BCUT2D eigenvalue weighted by molar-refractivity contribution is 0.0928. The molecular weight excluding hydrogens is 576 g/mol. The van der Waals surface area contributed by atoms with Crippen LogP contribution in [0.3, 0.4) is 0 Å². The van der Waals surface area contributed by atoms with Gasteiger partial charge in [0.05, 0.1) is 30.3 Å². The fourth-order valence-electron chi connectivity index (χ4n) is 4.71. The number of nitrogens with zero attached hydrogens (tertiary/aromatic N) is 2. The van der Waals surface area contributed by atoms with E-state index in [1.807, 2.05) is 6.07 Å². The van der Waals surface area contributed by atoms with Crippen LogP contribution in [0.4, 0.5) is 14.5 Å². The molecule has 43 heavy (non-hydrogen) atoms. The van der Waals surface area contributed by atoms with Crippen molar-refractivity contribution < 1.29 is 31.2 Å². The van der Waals surface area contributed by atoms with Crippen LogP contribution >= 0.6 is 0 Å². The number of halogens is 2. The van der Waals surface area contributed by atoms with E-state index in [1.165, 1.54) is 30.3 Å². The monoisotopic (exact) mass is 607 g/mol. The van der Waals surface area contributed by atoms with Crippen LogP contribution in [0.15, 0.2) is 65.1 Å². The van der Waals surface area contributed by atoms with Gasteiger partial charge in [0, 0.05) is 41.1 Å². The summed E-state index contributed by atoms with van der Waals surface area (Å²) < 4.78 is 60.2. The molecule has 3 aromatic carbocycles. The van der Waals surface area contributed by atoms with E-state index in [0.29, 0.717) is 22.1 Å². The second-order valence-electron chi connectivity index (χ2n) is 10.6. The summed E-state index contributed by atoms with van der Waals surface area (Å²) in [7, 11) is -3.92. The van der Waals surface area contributed by atoms with Crippen molar-refractivity contribution in [3.63, 3.8) is 0 Å². The van der Waals surface area contributed by atoms with E-state index < -0.39 is 34.0 Å². The number of fused-ring (bicyclic) bond motifs is 1. The second kappa shape index (κ2) is 12.4. The van der Waals surface area contributed by atoms with Gasteiger partial charge in [0.2, 0.25) is 10.0 Å². The summed E-state index contributed by atoms with van der Waals surface area (Å²) in [5.74, 6) is -1.03. The van der Waals surface area contributed by atoms with Crippen LogP contribution < -0.4 is 9.62 Å². The Kier molecular flexibility index (Phi) is 9.01. The molecule has 8 nitrogen and oxygen atoms in total. The number of nitrogens with one attached hydrogen (secondary N) is 1. The number of amides is 1. The summed E-state index contributed by atoms with van der Waals surface area (Å²) in [5.41, 5.74) is 0.923. The van der Waals surface area contributed by atoms with E-state index in [4.69, 9.17) is 4.42 Å². The van der Waals surface area contributed by atoms with Gasteiger partial charge in [0.15, 0.2) is 5.78 Å². The van der Waals surface area contributed by atoms with Gasteiger partial charge in [0.1, 0.15) is 22.7 Å². The third-order valence-electron chi connectivity index (χ3n) is 6.82. The van der Waals surface area contributed by atoms with Crippen molar-refractivity contribution in [2.24, 2.45) is 0 Å². The minimum absolute atomic E-state index is 0.0746. The van der Waals surface area contributed by atoms with Gasteiger partial charge < -0.3 is 9.73 Å². The predicted octanol–water partition coefficient (Wildman–Crippen LogP) is 6.66. The van der Waals surface area contributed by atoms with Crippen molar-refractivity contribution in [1.29, 1.82) is 5.26 Å². The lowest BCUT2D eigenvalue weighted by Gasteiger charge is -2.25. The first-order valence-electron chi connectivity index (χ1n) is 13.6. The zero-order valence-electron chi connectivity index (χ0n) is 24.2. The Morgan fingerprint density at radius 3 is 2.37 bits per heavy atom. The zero-order valence-corrected chi connectivity index (χ0v) is 25.0. The maximum Gasteiger partial charge on any atom is 0.252 e. The molecule has 4 rings (SSSR count). The van der Waals surface area contributed by atoms with Crippen LogP contribution in [-0.2, 0) is 10.0 Å². The predicted molar refractivity (Wildman–Crippen MR) is 162 cm³/mol. The van der Waals surface area contributed by atoms with Crippen LogP contribution in [-0.4, -0.2) is 45.1 Å². The van der Waals surface area contributed by atoms with Gasteiger partial charge in [-0.25, -0.2) is 12.8 Å². The second-order valence-corrected chi connectivity index (χ2v) is 12.5. The zero-order chi connectivity index (χ0) is 31.5. The van der Waals surface area contributed by atoms with Gasteiger partial charge in [-0.05, 0) is 68.3 Å². The molecule has 0 radical (unpaired) electrons. The molecule has 1 amide bonds. The molecular formula is C32H31F2N3O5S. The van der Waals surface area contributed by atoms with Crippen LogP contribution in [0.2, 0.25) is 0 Å². The molecule has 1 aromatic heterocycles. The number of benzene rings is 3. The summed E-state index contributed by atoms with van der Waals surface area (Å²) in [6.07, 6.45) is 1.07. The van der Waals surface area contributed by atoms with Crippen molar-refractivity contribution in [2.45, 2.75) is 39.2 Å². The summed E-state index contributed by atoms with van der Waals surface area (Å²) in [6.45, 7) is 3.88. The van der Waals surface area contributed by atoms with Crippen molar-refractivity contribution in [3.8, 4) is 28.5 Å². The molecule has 0 saturated carbocycles. The molecule has 0 spiro atoms. The normalized spacial score (nSPS) is 11.7. The molecule has 1 heterocycles. The highest BCUT2D eigenvalue weighted by molar-refractivity contribution is 7.92. The first-order valence-corrected chi connectivity index (χ1v) is 15.4. The molecule has 0 unspecified atom stereocenters. The van der Waals surface area contributed by atoms with Gasteiger partial charge >= 0.3 is 0 Å². The number of sulfonamides is 1. The molecule has 0 aliphatic carbocycles. The smallest absolute Gasteiger partial charge is 0.252 e. The van der Waals surface area contributed by atoms with Crippen LogP contribution in [0.1, 0.15) is 54.3 Å². The number of ketones is 1. The first kappa shape index (κ1) is 31.4. The molecule has 0 aliphatic rings. The Balaban J connectivity index is 2.04. The highest BCUT2D eigenvalue weighted by Gasteiger charge is 2.28. The summed E-state index contributed by atoms with van der Waals surface area (Å²) in [4.78, 5) is 26.3. The molecule has 0 bridgehead atoms. The third kappa shape index (κ3) is 6.75. The number of alkyl halides is 1. The van der Waals surface area contributed by atoms with Crippen molar-refractivity contribution in [1.82, 2.24) is 5.32 Å². The van der Waals surface area contributed by atoms with Crippen LogP contribution in [0.5, 0.6) is 0 Å². The number of carbonyl (C=O) groups excluding carboxylic acids is 2. The highest BCUT2D eigenvalue weighted by Crippen LogP contribution is 2.42. The molecule has 224 valence electrons. The fourth-order valence-corrected chi connectivity index (χ4v) is 5.68. The number of Topliss-reactive ketones (excluding diaryl/α,β-unsaturated/α-hetero) is 1. The van der Waals surface area contributed by atoms with Gasteiger partial charge in [-0.3, -0.25) is 18.3 Å². The SMILES string of the molecule is CCC(=O)c1c(-c2ccc(F)cc2)oc2cc(N(CCCF)S(C)(=O)=O)c(-c3cccc(C(=O)NC(C)(C)C#N)c3)cc12. The number of furan rings is 1. The number of nitriles is 1. The number of anilines is 1.